The molecule has 1 atom stereocenters. The summed E-state index contributed by atoms with van der Waals surface area (Å²) in [5.74, 6) is -0.863. The van der Waals surface area contributed by atoms with Crippen molar-refractivity contribution in [1.82, 2.24) is 10.6 Å². The highest BCUT2D eigenvalue weighted by atomic mass is 19.1. The number of methoxy groups -OCH3 is 1. The quantitative estimate of drug-likeness (QED) is 0.702. The van der Waals surface area contributed by atoms with Crippen molar-refractivity contribution in [3.63, 3.8) is 0 Å². The van der Waals surface area contributed by atoms with Gasteiger partial charge in [-0.25, -0.2) is 4.39 Å². The molecule has 0 saturated carbocycles. The van der Waals surface area contributed by atoms with Crippen LogP contribution >= 0.6 is 0 Å². The minimum Gasteiger partial charge on any atom is -0.382 e. The van der Waals surface area contributed by atoms with E-state index < -0.39 is 6.04 Å². The van der Waals surface area contributed by atoms with Crippen LogP contribution in [0.25, 0.3) is 12.2 Å². The van der Waals surface area contributed by atoms with Gasteiger partial charge in [0.25, 0.3) is 0 Å². The topological polar surface area (TPSA) is 67.4 Å². The molecule has 0 fully saturated rings. The zero-order valence-electron chi connectivity index (χ0n) is 15.4. The third kappa shape index (κ3) is 7.03. The normalized spacial score (nSPS) is 12.0. The molecule has 0 aromatic heterocycles. The molecule has 0 spiro atoms. The molecule has 2 N–H and O–H groups in total. The molecule has 2 aromatic rings. The van der Waals surface area contributed by atoms with E-state index >= 15 is 0 Å². The monoisotopic (exact) mass is 370 g/mol. The maximum Gasteiger partial charge on any atom is 0.245 e. The van der Waals surface area contributed by atoms with Crippen molar-refractivity contribution in [3.8, 4) is 0 Å². The first-order chi connectivity index (χ1) is 13.0. The minimum atomic E-state index is -0.721. The number of carbonyl (C=O) groups excluding carboxylic acids is 2. The molecule has 1 unspecified atom stereocenters. The van der Waals surface area contributed by atoms with Crippen molar-refractivity contribution < 1.29 is 18.7 Å². The number of nitrogens with one attached hydrogen (secondary N) is 2. The van der Waals surface area contributed by atoms with E-state index in [4.69, 9.17) is 4.74 Å². The number of halogens is 1. The summed E-state index contributed by atoms with van der Waals surface area (Å²) in [6.07, 6.45) is 3.73. The zero-order valence-corrected chi connectivity index (χ0v) is 15.4. The van der Waals surface area contributed by atoms with E-state index in [1.54, 1.807) is 6.07 Å². The lowest BCUT2D eigenvalue weighted by atomic mass is 10.1. The van der Waals surface area contributed by atoms with E-state index in [0.29, 0.717) is 6.54 Å². The van der Waals surface area contributed by atoms with Gasteiger partial charge in [0.2, 0.25) is 11.8 Å². The van der Waals surface area contributed by atoms with Gasteiger partial charge >= 0.3 is 0 Å². The molecule has 6 heteroatoms. The Bertz CT molecular complexity index is 803. The number of rotatable bonds is 8. The Kier molecular flexibility index (Phi) is 7.70. The Morgan fingerprint density at radius 1 is 1.11 bits per heavy atom. The van der Waals surface area contributed by atoms with Gasteiger partial charge in [0, 0.05) is 20.6 Å². The van der Waals surface area contributed by atoms with Crippen LogP contribution in [0, 0.1) is 5.82 Å². The first-order valence-electron chi connectivity index (χ1n) is 8.54. The smallest absolute Gasteiger partial charge is 0.245 e. The third-order valence-electron chi connectivity index (χ3n) is 3.79. The summed E-state index contributed by atoms with van der Waals surface area (Å²) in [5, 5.41) is 5.33. The molecule has 0 bridgehead atoms. The Morgan fingerprint density at radius 3 is 2.44 bits per heavy atom. The van der Waals surface area contributed by atoms with Crippen molar-refractivity contribution in [2.24, 2.45) is 0 Å². The van der Waals surface area contributed by atoms with Crippen LogP contribution in [0.1, 0.15) is 23.6 Å². The van der Waals surface area contributed by atoms with Gasteiger partial charge in [-0.2, -0.15) is 0 Å². The molecule has 27 heavy (non-hydrogen) atoms. The first-order valence-corrected chi connectivity index (χ1v) is 8.54. The average molecular weight is 370 g/mol. The van der Waals surface area contributed by atoms with Gasteiger partial charge in [-0.05, 0) is 28.8 Å². The summed E-state index contributed by atoms with van der Waals surface area (Å²) in [6, 6.07) is 13.3. The predicted octanol–water partition coefficient (Wildman–Crippen LogP) is 2.76. The maximum absolute atomic E-state index is 13.2. The van der Waals surface area contributed by atoms with E-state index in [0.717, 1.165) is 16.7 Å². The lowest BCUT2D eigenvalue weighted by Crippen LogP contribution is -2.48. The number of ether oxygens (including phenoxy) is 1. The molecule has 5 nitrogen and oxygen atoms in total. The lowest BCUT2D eigenvalue weighted by Gasteiger charge is -2.16. The van der Waals surface area contributed by atoms with Crippen molar-refractivity contribution >= 4 is 24.0 Å². The molecule has 0 aliphatic rings. The van der Waals surface area contributed by atoms with Crippen molar-refractivity contribution in [2.45, 2.75) is 19.5 Å². The van der Waals surface area contributed by atoms with E-state index in [1.165, 1.54) is 26.2 Å². The van der Waals surface area contributed by atoms with Crippen LogP contribution in [0.5, 0.6) is 0 Å². The fourth-order valence-electron chi connectivity index (χ4n) is 2.46. The summed E-state index contributed by atoms with van der Waals surface area (Å²) in [7, 11) is 1.47. The van der Waals surface area contributed by atoms with E-state index in [2.05, 4.69) is 10.6 Å². The Hall–Kier alpha value is -2.99. The second-order valence-corrected chi connectivity index (χ2v) is 6.06. The van der Waals surface area contributed by atoms with Crippen molar-refractivity contribution in [1.29, 1.82) is 0 Å². The van der Waals surface area contributed by atoms with Crippen LogP contribution < -0.4 is 10.6 Å². The van der Waals surface area contributed by atoms with Crippen LogP contribution in [0.15, 0.2) is 48.5 Å². The molecular formula is C21H23FN2O3. The van der Waals surface area contributed by atoms with Gasteiger partial charge < -0.3 is 15.4 Å². The van der Waals surface area contributed by atoms with Crippen LogP contribution in [0.4, 0.5) is 4.39 Å². The molecular weight excluding hydrogens is 347 g/mol. The predicted molar refractivity (Wildman–Crippen MR) is 103 cm³/mol. The zero-order chi connectivity index (χ0) is 19.6. The summed E-state index contributed by atoms with van der Waals surface area (Å²) in [5.41, 5.74) is 2.67. The van der Waals surface area contributed by atoms with Gasteiger partial charge in [0.05, 0.1) is 6.61 Å². The molecule has 0 radical (unpaired) electrons. The fraction of sp³-hybridized carbons (Fsp3) is 0.238. The summed E-state index contributed by atoms with van der Waals surface area (Å²) in [6.45, 7) is 1.80. The molecule has 2 amide bonds. The molecule has 0 saturated heterocycles. The Balaban J connectivity index is 1.91. The summed E-state index contributed by atoms with van der Waals surface area (Å²) >= 11 is 0. The lowest BCUT2D eigenvalue weighted by molar-refractivity contribution is -0.129. The highest BCUT2D eigenvalue weighted by molar-refractivity contribution is 5.86. The molecule has 0 aliphatic heterocycles. The second kappa shape index (κ2) is 10.2. The largest absolute Gasteiger partial charge is 0.382 e. The van der Waals surface area contributed by atoms with Gasteiger partial charge in [-0.1, -0.05) is 48.6 Å². The number of hydrogen-bond acceptors (Lipinski definition) is 3. The van der Waals surface area contributed by atoms with Crippen LogP contribution in [-0.4, -0.2) is 31.6 Å². The van der Waals surface area contributed by atoms with E-state index in [1.807, 2.05) is 42.5 Å². The number of amides is 2. The number of hydrogen-bond donors (Lipinski definition) is 2. The van der Waals surface area contributed by atoms with E-state index in [-0.39, 0.29) is 24.2 Å². The van der Waals surface area contributed by atoms with Gasteiger partial charge in [0.1, 0.15) is 11.9 Å². The molecule has 142 valence electrons. The molecule has 0 aliphatic carbocycles. The standard InChI is InChI=1S/C21H23FN2O3/c1-15(25)24-20(14-27-2)21(26)23-13-18-10-7-16(8-11-18)6-9-17-4-3-5-19(22)12-17/h3-12,20H,13-14H2,1-2H3,(H,23,26)(H,24,25)/b9-6+. The SMILES string of the molecule is COCC(NC(C)=O)C(=O)NCc1ccc(/C=C/c2cccc(F)c2)cc1. The van der Waals surface area contributed by atoms with Crippen LogP contribution in [-0.2, 0) is 20.9 Å². The average Bonchev–Trinajstić information content (AvgIpc) is 2.64. The molecule has 2 aromatic carbocycles. The summed E-state index contributed by atoms with van der Waals surface area (Å²) in [4.78, 5) is 23.3. The molecule has 2 rings (SSSR count). The highest BCUT2D eigenvalue weighted by Gasteiger charge is 2.18. The maximum atomic E-state index is 13.2. The second-order valence-electron chi connectivity index (χ2n) is 6.06. The Morgan fingerprint density at radius 2 is 1.81 bits per heavy atom. The number of benzene rings is 2. The Labute approximate surface area is 158 Å². The van der Waals surface area contributed by atoms with Gasteiger partial charge in [0.15, 0.2) is 0 Å². The fourth-order valence-corrected chi connectivity index (χ4v) is 2.46. The van der Waals surface area contributed by atoms with Gasteiger partial charge in [-0.3, -0.25) is 9.59 Å². The van der Waals surface area contributed by atoms with Crippen molar-refractivity contribution in [2.75, 3.05) is 13.7 Å². The third-order valence-corrected chi connectivity index (χ3v) is 3.79. The first kappa shape index (κ1) is 20.3. The van der Waals surface area contributed by atoms with Crippen LogP contribution in [0.2, 0.25) is 0 Å². The minimum absolute atomic E-state index is 0.106. The summed E-state index contributed by atoms with van der Waals surface area (Å²) < 4.78 is 18.1. The van der Waals surface area contributed by atoms with Gasteiger partial charge in [-0.15, -0.1) is 0 Å². The highest BCUT2D eigenvalue weighted by Crippen LogP contribution is 2.11. The van der Waals surface area contributed by atoms with Crippen LogP contribution in [0.3, 0.4) is 0 Å². The molecule has 0 heterocycles. The number of carbonyl (C=O) groups is 2. The van der Waals surface area contributed by atoms with Crippen molar-refractivity contribution in [3.05, 3.63) is 71.0 Å². The van der Waals surface area contributed by atoms with E-state index in [9.17, 15) is 14.0 Å².